The summed E-state index contributed by atoms with van der Waals surface area (Å²) in [6, 6.07) is 8.32. The third-order valence-corrected chi connectivity index (χ3v) is 5.28. The molecule has 0 bridgehead atoms. The number of ether oxygens (including phenoxy) is 1. The molecule has 1 fully saturated rings. The van der Waals surface area contributed by atoms with E-state index >= 15 is 0 Å². The minimum absolute atomic E-state index is 0.104. The number of aryl methyl sites for hydroxylation is 1. The van der Waals surface area contributed by atoms with Gasteiger partial charge >= 0.3 is 0 Å². The summed E-state index contributed by atoms with van der Waals surface area (Å²) in [7, 11) is 1.69. The lowest BCUT2D eigenvalue weighted by Gasteiger charge is -2.23. The predicted molar refractivity (Wildman–Crippen MR) is 97.2 cm³/mol. The molecule has 0 saturated heterocycles. The van der Waals surface area contributed by atoms with Gasteiger partial charge in [-0.25, -0.2) is 0 Å². The average Bonchev–Trinajstić information content (AvgIpc) is 3.42. The fourth-order valence-electron chi connectivity index (χ4n) is 3.50. The molecule has 138 valence electrons. The highest BCUT2D eigenvalue weighted by atomic mass is 16.5. The van der Waals surface area contributed by atoms with Crippen LogP contribution in [0, 0.1) is 5.92 Å². The van der Waals surface area contributed by atoms with Crippen molar-refractivity contribution in [2.24, 2.45) is 5.92 Å². The molecule has 1 amide bonds. The third kappa shape index (κ3) is 3.75. The number of nitrogens with zero attached hydrogens (tertiary/aromatic N) is 1. The van der Waals surface area contributed by atoms with Crippen LogP contribution in [-0.2, 0) is 19.4 Å². The maximum absolute atomic E-state index is 12.4. The van der Waals surface area contributed by atoms with Crippen LogP contribution >= 0.6 is 0 Å². The molecule has 1 unspecified atom stereocenters. The largest absolute Gasteiger partial charge is 0.496 e. The number of para-hydroxylation sites is 1. The van der Waals surface area contributed by atoms with Crippen LogP contribution in [0.25, 0.3) is 0 Å². The van der Waals surface area contributed by atoms with Crippen LogP contribution < -0.4 is 15.4 Å². The lowest BCUT2D eigenvalue weighted by atomic mass is 9.91. The molecule has 6 heteroatoms. The first-order valence-electron chi connectivity index (χ1n) is 9.35. The summed E-state index contributed by atoms with van der Waals surface area (Å²) >= 11 is 0. The molecule has 4 rings (SSSR count). The molecule has 26 heavy (non-hydrogen) atoms. The van der Waals surface area contributed by atoms with E-state index in [9.17, 15) is 4.79 Å². The van der Waals surface area contributed by atoms with Gasteiger partial charge in [0, 0.05) is 36.7 Å². The van der Waals surface area contributed by atoms with E-state index in [2.05, 4.69) is 21.9 Å². The Kier molecular flexibility index (Phi) is 4.93. The van der Waals surface area contributed by atoms with E-state index in [1.54, 1.807) is 7.11 Å². The number of rotatable bonds is 7. The molecule has 1 heterocycles. The summed E-state index contributed by atoms with van der Waals surface area (Å²) in [5.41, 5.74) is 2.56. The van der Waals surface area contributed by atoms with Gasteiger partial charge < -0.3 is 19.9 Å². The van der Waals surface area contributed by atoms with Crippen molar-refractivity contribution in [1.82, 2.24) is 15.8 Å². The maximum Gasteiger partial charge on any atom is 0.273 e. The molecule has 1 saturated carbocycles. The number of carbonyl (C=O) groups is 1. The van der Waals surface area contributed by atoms with Crippen molar-refractivity contribution >= 4 is 5.91 Å². The maximum atomic E-state index is 12.4. The van der Waals surface area contributed by atoms with Gasteiger partial charge in [-0.3, -0.25) is 4.79 Å². The van der Waals surface area contributed by atoms with Crippen molar-refractivity contribution in [3.63, 3.8) is 0 Å². The molecular weight excluding hydrogens is 330 g/mol. The highest BCUT2D eigenvalue weighted by Crippen LogP contribution is 2.28. The molecule has 2 N–H and O–H groups in total. The van der Waals surface area contributed by atoms with E-state index in [1.807, 2.05) is 18.2 Å². The van der Waals surface area contributed by atoms with E-state index in [0.717, 1.165) is 55.0 Å². The van der Waals surface area contributed by atoms with Gasteiger partial charge in [-0.1, -0.05) is 23.4 Å². The van der Waals surface area contributed by atoms with Crippen LogP contribution in [0.15, 0.2) is 28.8 Å². The topological polar surface area (TPSA) is 76.4 Å². The van der Waals surface area contributed by atoms with Crippen molar-refractivity contribution in [2.45, 2.75) is 44.7 Å². The number of hydrogen-bond acceptors (Lipinski definition) is 5. The van der Waals surface area contributed by atoms with Gasteiger partial charge in [0.1, 0.15) is 11.5 Å². The first-order valence-corrected chi connectivity index (χ1v) is 9.35. The fourth-order valence-corrected chi connectivity index (χ4v) is 3.50. The standard InChI is InChI=1S/C20H25N3O3/c1-25-17-5-3-2-4-14(17)12-21-15-8-9-18-16(10-15)19(23-26-18)20(24)22-11-13-6-7-13/h2-5,13,15,21H,6-12H2,1H3,(H,22,24). The van der Waals surface area contributed by atoms with E-state index < -0.39 is 0 Å². The Morgan fingerprint density at radius 3 is 2.96 bits per heavy atom. The van der Waals surface area contributed by atoms with Crippen LogP contribution in [0.4, 0.5) is 0 Å². The van der Waals surface area contributed by atoms with Crippen LogP contribution in [0.3, 0.4) is 0 Å². The minimum atomic E-state index is -0.104. The number of amides is 1. The number of hydrogen-bond donors (Lipinski definition) is 2. The molecule has 0 radical (unpaired) electrons. The van der Waals surface area contributed by atoms with Crippen molar-refractivity contribution in [3.05, 3.63) is 46.8 Å². The summed E-state index contributed by atoms with van der Waals surface area (Å²) < 4.78 is 10.8. The van der Waals surface area contributed by atoms with Gasteiger partial charge in [-0.15, -0.1) is 0 Å². The lowest BCUT2D eigenvalue weighted by Crippen LogP contribution is -2.35. The second-order valence-electron chi connectivity index (χ2n) is 7.22. The molecule has 0 spiro atoms. The number of benzene rings is 1. The van der Waals surface area contributed by atoms with Gasteiger partial charge in [-0.2, -0.15) is 0 Å². The van der Waals surface area contributed by atoms with Gasteiger partial charge in [0.15, 0.2) is 5.69 Å². The Bertz CT molecular complexity index is 782. The number of nitrogens with one attached hydrogen (secondary N) is 2. The summed E-state index contributed by atoms with van der Waals surface area (Å²) in [4.78, 5) is 12.4. The Morgan fingerprint density at radius 2 is 2.15 bits per heavy atom. The number of aromatic nitrogens is 1. The molecule has 1 aromatic carbocycles. The SMILES string of the molecule is COc1ccccc1CNC1CCc2onc(C(=O)NCC3CC3)c2C1. The van der Waals surface area contributed by atoms with Crippen LogP contribution in [0.5, 0.6) is 5.75 Å². The van der Waals surface area contributed by atoms with Gasteiger partial charge in [0.05, 0.1) is 7.11 Å². The smallest absolute Gasteiger partial charge is 0.273 e. The summed E-state index contributed by atoms with van der Waals surface area (Å²) in [6.45, 7) is 1.48. The summed E-state index contributed by atoms with van der Waals surface area (Å²) in [5, 5.41) is 10.6. The Hall–Kier alpha value is -2.34. The second-order valence-corrected chi connectivity index (χ2v) is 7.22. The van der Waals surface area contributed by atoms with E-state index in [4.69, 9.17) is 9.26 Å². The molecule has 0 aliphatic heterocycles. The molecule has 2 aromatic rings. The zero-order valence-corrected chi connectivity index (χ0v) is 15.1. The first-order chi connectivity index (χ1) is 12.7. The summed E-state index contributed by atoms with van der Waals surface area (Å²) in [6.07, 6.45) is 4.97. The Morgan fingerprint density at radius 1 is 1.31 bits per heavy atom. The minimum Gasteiger partial charge on any atom is -0.496 e. The van der Waals surface area contributed by atoms with Crippen molar-refractivity contribution in [2.75, 3.05) is 13.7 Å². The summed E-state index contributed by atoms with van der Waals surface area (Å²) in [5.74, 6) is 2.29. The van der Waals surface area contributed by atoms with E-state index in [0.29, 0.717) is 17.7 Å². The molecule has 6 nitrogen and oxygen atoms in total. The third-order valence-electron chi connectivity index (χ3n) is 5.28. The molecule has 2 aliphatic rings. The second kappa shape index (κ2) is 7.50. The van der Waals surface area contributed by atoms with Gasteiger partial charge in [-0.05, 0) is 37.7 Å². The van der Waals surface area contributed by atoms with Crippen molar-refractivity contribution < 1.29 is 14.1 Å². The normalized spacial score (nSPS) is 19.0. The quantitative estimate of drug-likeness (QED) is 0.798. The average molecular weight is 355 g/mol. The van der Waals surface area contributed by atoms with Gasteiger partial charge in [0.25, 0.3) is 5.91 Å². The number of methoxy groups -OCH3 is 1. The molecule has 2 aliphatic carbocycles. The lowest BCUT2D eigenvalue weighted by molar-refractivity contribution is 0.0942. The zero-order chi connectivity index (χ0) is 17.9. The van der Waals surface area contributed by atoms with E-state index in [-0.39, 0.29) is 5.91 Å². The van der Waals surface area contributed by atoms with E-state index in [1.165, 1.54) is 12.8 Å². The van der Waals surface area contributed by atoms with Crippen LogP contribution in [-0.4, -0.2) is 30.8 Å². The first kappa shape index (κ1) is 17.1. The number of fused-ring (bicyclic) bond motifs is 1. The Labute approximate surface area is 153 Å². The van der Waals surface area contributed by atoms with Crippen molar-refractivity contribution in [3.8, 4) is 5.75 Å². The highest BCUT2D eigenvalue weighted by molar-refractivity contribution is 5.93. The highest BCUT2D eigenvalue weighted by Gasteiger charge is 2.29. The fraction of sp³-hybridized carbons (Fsp3) is 0.500. The Balaban J connectivity index is 1.39. The van der Waals surface area contributed by atoms with Crippen molar-refractivity contribution in [1.29, 1.82) is 0 Å². The molecule has 1 atom stereocenters. The number of carbonyl (C=O) groups excluding carboxylic acids is 1. The molecule has 1 aromatic heterocycles. The zero-order valence-electron chi connectivity index (χ0n) is 15.1. The predicted octanol–water partition coefficient (Wildman–Crippen LogP) is 2.47. The van der Waals surface area contributed by atoms with Crippen LogP contribution in [0.2, 0.25) is 0 Å². The van der Waals surface area contributed by atoms with Gasteiger partial charge in [0.2, 0.25) is 0 Å². The van der Waals surface area contributed by atoms with Crippen LogP contribution in [0.1, 0.15) is 46.6 Å². The monoisotopic (exact) mass is 355 g/mol. The molecular formula is C20H25N3O3.